The van der Waals surface area contributed by atoms with Crippen LogP contribution in [0.5, 0.6) is 0 Å². The average Bonchev–Trinajstić information content (AvgIpc) is 3.03. The van der Waals surface area contributed by atoms with E-state index in [1.165, 1.54) is 6.20 Å². The van der Waals surface area contributed by atoms with Gasteiger partial charge in [0.1, 0.15) is 0 Å². The van der Waals surface area contributed by atoms with E-state index in [0.717, 1.165) is 37.1 Å². The summed E-state index contributed by atoms with van der Waals surface area (Å²) in [5, 5.41) is 4.15. The molecule has 1 saturated heterocycles. The second-order valence-corrected chi connectivity index (χ2v) is 7.36. The van der Waals surface area contributed by atoms with Crippen molar-refractivity contribution in [2.75, 3.05) is 17.9 Å². The number of alkyl halides is 3. The Balaban J connectivity index is 1.74. The van der Waals surface area contributed by atoms with E-state index in [2.05, 4.69) is 9.82 Å². The Hall–Kier alpha value is -2.07. The Morgan fingerprint density at radius 1 is 1.16 bits per heavy atom. The maximum Gasteiger partial charge on any atom is 0.416 e. The minimum Gasteiger partial charge on any atom is -0.381 e. The van der Waals surface area contributed by atoms with Crippen molar-refractivity contribution in [3.63, 3.8) is 0 Å². The molecule has 1 aliphatic rings. The van der Waals surface area contributed by atoms with Crippen LogP contribution in [0.25, 0.3) is 0 Å². The van der Waals surface area contributed by atoms with E-state index in [4.69, 9.17) is 4.74 Å². The van der Waals surface area contributed by atoms with Crippen molar-refractivity contribution in [1.82, 2.24) is 9.78 Å². The fourth-order valence-electron chi connectivity index (χ4n) is 2.58. The van der Waals surface area contributed by atoms with Gasteiger partial charge in [0.15, 0.2) is 0 Å². The van der Waals surface area contributed by atoms with Crippen LogP contribution >= 0.6 is 0 Å². The number of hydrogen-bond acceptors (Lipinski definition) is 4. The van der Waals surface area contributed by atoms with Gasteiger partial charge in [-0.2, -0.15) is 18.3 Å². The molecule has 3 rings (SSSR count). The van der Waals surface area contributed by atoms with Crippen LogP contribution in [0.4, 0.5) is 18.9 Å². The molecule has 1 aliphatic heterocycles. The lowest BCUT2D eigenvalue weighted by molar-refractivity contribution is -0.137. The summed E-state index contributed by atoms with van der Waals surface area (Å²) in [5.41, 5.74) is -0.648. The topological polar surface area (TPSA) is 73.2 Å². The summed E-state index contributed by atoms with van der Waals surface area (Å²) in [6, 6.07) is 3.46. The van der Waals surface area contributed by atoms with Gasteiger partial charge in [0.25, 0.3) is 10.0 Å². The van der Waals surface area contributed by atoms with Gasteiger partial charge in [0.2, 0.25) is 0 Å². The molecule has 2 heterocycles. The molecule has 25 heavy (non-hydrogen) atoms. The molecule has 10 heteroatoms. The van der Waals surface area contributed by atoms with Gasteiger partial charge in [-0.3, -0.25) is 9.40 Å². The third-order valence-corrected chi connectivity index (χ3v) is 5.31. The second kappa shape index (κ2) is 6.68. The van der Waals surface area contributed by atoms with Gasteiger partial charge in [-0.25, -0.2) is 8.42 Å². The maximum absolute atomic E-state index is 12.6. The second-order valence-electron chi connectivity index (χ2n) is 5.68. The number of ether oxygens (including phenoxy) is 1. The Kier molecular flexibility index (Phi) is 4.74. The lowest BCUT2D eigenvalue weighted by Crippen LogP contribution is -2.19. The number of rotatable bonds is 4. The largest absolute Gasteiger partial charge is 0.416 e. The van der Waals surface area contributed by atoms with E-state index < -0.39 is 21.8 Å². The van der Waals surface area contributed by atoms with Crippen LogP contribution in [-0.2, 0) is 20.9 Å². The number of anilines is 1. The van der Waals surface area contributed by atoms with Gasteiger partial charge in [-0.1, -0.05) is 0 Å². The molecule has 0 saturated carbocycles. The molecule has 1 fully saturated rings. The Morgan fingerprint density at radius 3 is 2.40 bits per heavy atom. The molecule has 0 radical (unpaired) electrons. The summed E-state index contributed by atoms with van der Waals surface area (Å²) in [6.07, 6.45) is -0.00512. The highest BCUT2D eigenvalue weighted by atomic mass is 32.2. The number of halogens is 3. The van der Waals surface area contributed by atoms with Crippen LogP contribution in [-0.4, -0.2) is 31.4 Å². The number of sulfonamides is 1. The van der Waals surface area contributed by atoms with Crippen LogP contribution in [0.1, 0.15) is 24.4 Å². The molecule has 0 bridgehead atoms. The highest BCUT2D eigenvalue weighted by Gasteiger charge is 2.30. The molecule has 0 unspecified atom stereocenters. The number of aromatic nitrogens is 2. The number of nitrogens with zero attached hydrogens (tertiary/aromatic N) is 2. The molecule has 136 valence electrons. The van der Waals surface area contributed by atoms with Crippen LogP contribution in [0, 0.1) is 0 Å². The van der Waals surface area contributed by atoms with E-state index in [-0.39, 0.29) is 16.6 Å². The van der Waals surface area contributed by atoms with Crippen molar-refractivity contribution in [3.8, 4) is 0 Å². The predicted molar refractivity (Wildman–Crippen MR) is 83.6 cm³/mol. The van der Waals surface area contributed by atoms with Crippen molar-refractivity contribution in [1.29, 1.82) is 0 Å². The molecular formula is C15H16F3N3O3S. The van der Waals surface area contributed by atoms with Crippen molar-refractivity contribution >= 4 is 15.7 Å². The highest BCUT2D eigenvalue weighted by molar-refractivity contribution is 7.92. The fraction of sp³-hybridized carbons (Fsp3) is 0.400. The van der Waals surface area contributed by atoms with Gasteiger partial charge in [-0.15, -0.1) is 0 Å². The highest BCUT2D eigenvalue weighted by Crippen LogP contribution is 2.30. The van der Waals surface area contributed by atoms with Gasteiger partial charge in [-0.05, 0) is 37.1 Å². The molecule has 2 aromatic rings. The van der Waals surface area contributed by atoms with Crippen LogP contribution < -0.4 is 4.72 Å². The monoisotopic (exact) mass is 375 g/mol. The first kappa shape index (κ1) is 17.7. The fourth-order valence-corrected chi connectivity index (χ4v) is 3.61. The molecule has 1 aromatic carbocycles. The molecule has 0 aliphatic carbocycles. The summed E-state index contributed by atoms with van der Waals surface area (Å²) in [7, 11) is -3.99. The van der Waals surface area contributed by atoms with Crippen LogP contribution in [0.2, 0.25) is 0 Å². The van der Waals surface area contributed by atoms with Crippen LogP contribution in [0.15, 0.2) is 41.6 Å². The summed E-state index contributed by atoms with van der Waals surface area (Å²) < 4.78 is 71.5. The van der Waals surface area contributed by atoms with E-state index in [0.29, 0.717) is 13.2 Å². The Morgan fingerprint density at radius 2 is 1.80 bits per heavy atom. The Bertz CT molecular complexity index is 826. The summed E-state index contributed by atoms with van der Waals surface area (Å²) in [6.45, 7) is 1.24. The standard InChI is InChI=1S/C15H16F3N3O3S/c16-15(17,18)11-1-3-14(4-2-11)25(22,23)20-12-9-19-21(10-12)13-5-7-24-8-6-13/h1-4,9-10,13,20H,5-8H2. The van der Waals surface area contributed by atoms with Gasteiger partial charge >= 0.3 is 6.18 Å². The maximum atomic E-state index is 12.6. The summed E-state index contributed by atoms with van der Waals surface area (Å²) >= 11 is 0. The smallest absolute Gasteiger partial charge is 0.381 e. The summed E-state index contributed by atoms with van der Waals surface area (Å²) in [4.78, 5) is -0.251. The minimum absolute atomic E-state index is 0.137. The lowest BCUT2D eigenvalue weighted by atomic mass is 10.1. The first-order chi connectivity index (χ1) is 11.8. The SMILES string of the molecule is O=S(=O)(Nc1cnn(C2CCOCC2)c1)c1ccc(C(F)(F)F)cc1. The van der Waals surface area contributed by atoms with Crippen molar-refractivity contribution in [3.05, 3.63) is 42.2 Å². The first-order valence-electron chi connectivity index (χ1n) is 7.58. The molecule has 1 N–H and O–H groups in total. The molecule has 0 atom stereocenters. The molecule has 0 spiro atoms. The molecular weight excluding hydrogens is 359 g/mol. The zero-order valence-electron chi connectivity index (χ0n) is 13.0. The van der Waals surface area contributed by atoms with Crippen molar-refractivity contribution < 1.29 is 26.3 Å². The number of hydrogen-bond donors (Lipinski definition) is 1. The normalized spacial score (nSPS) is 16.8. The van der Waals surface area contributed by atoms with E-state index in [9.17, 15) is 21.6 Å². The van der Waals surface area contributed by atoms with Crippen LogP contribution in [0.3, 0.4) is 0 Å². The minimum atomic E-state index is -4.51. The van der Waals surface area contributed by atoms with Crippen molar-refractivity contribution in [2.45, 2.75) is 30.0 Å². The quantitative estimate of drug-likeness (QED) is 0.892. The molecule has 1 aromatic heterocycles. The third kappa shape index (κ3) is 4.13. The third-order valence-electron chi connectivity index (χ3n) is 3.91. The first-order valence-corrected chi connectivity index (χ1v) is 9.06. The summed E-state index contributed by atoms with van der Waals surface area (Å²) in [5.74, 6) is 0. The van der Waals surface area contributed by atoms with E-state index >= 15 is 0 Å². The predicted octanol–water partition coefficient (Wildman–Crippen LogP) is 3.05. The van der Waals surface area contributed by atoms with Gasteiger partial charge in [0, 0.05) is 19.4 Å². The molecule has 0 amide bonds. The number of nitrogens with one attached hydrogen (secondary N) is 1. The van der Waals surface area contributed by atoms with E-state index in [1.807, 2.05) is 0 Å². The molecule has 6 nitrogen and oxygen atoms in total. The average molecular weight is 375 g/mol. The van der Waals surface area contributed by atoms with Crippen molar-refractivity contribution in [2.24, 2.45) is 0 Å². The lowest BCUT2D eigenvalue weighted by Gasteiger charge is -2.22. The van der Waals surface area contributed by atoms with Gasteiger partial charge < -0.3 is 4.74 Å². The zero-order valence-corrected chi connectivity index (χ0v) is 13.8. The van der Waals surface area contributed by atoms with E-state index in [1.54, 1.807) is 10.9 Å². The van der Waals surface area contributed by atoms with Gasteiger partial charge in [0.05, 0.1) is 28.4 Å². The number of benzene rings is 1. The Labute approximate surface area is 142 Å². The zero-order chi connectivity index (χ0) is 18.1.